The fourth-order valence-electron chi connectivity index (χ4n) is 8.31. The molecule has 4 atom stereocenters. The molecule has 290 valence electrons. The summed E-state index contributed by atoms with van der Waals surface area (Å²) in [4.78, 5) is 15.1. The summed E-state index contributed by atoms with van der Waals surface area (Å²) in [5, 5.41) is 4.67. The third-order valence-corrected chi connectivity index (χ3v) is 21.4. The van der Waals surface area contributed by atoms with Crippen molar-refractivity contribution in [1.29, 1.82) is 0 Å². The summed E-state index contributed by atoms with van der Waals surface area (Å²) >= 11 is 0. The van der Waals surface area contributed by atoms with E-state index in [1.54, 1.807) is 0 Å². The molecule has 4 aromatic carbocycles. The average Bonchev–Trinajstić information content (AvgIpc) is 3.91. The first-order chi connectivity index (χ1) is 26.8. The van der Waals surface area contributed by atoms with Gasteiger partial charge >= 0.3 is 0 Å². The largest absolute Gasteiger partial charge is 0.474 e. The predicted octanol–water partition coefficient (Wildman–Crippen LogP) is 7.30. The van der Waals surface area contributed by atoms with E-state index in [2.05, 4.69) is 177 Å². The summed E-state index contributed by atoms with van der Waals surface area (Å²) < 4.78 is 27.3. The second-order valence-corrected chi connectivity index (χ2v) is 25.5. The summed E-state index contributed by atoms with van der Waals surface area (Å²) in [5.74, 6) is 1.02. The van der Waals surface area contributed by atoms with Crippen LogP contribution in [0.5, 0.6) is 0 Å². The highest BCUT2D eigenvalue weighted by atomic mass is 28.4. The van der Waals surface area contributed by atoms with E-state index in [0.29, 0.717) is 36.4 Å². The van der Waals surface area contributed by atoms with Crippen LogP contribution in [0.2, 0.25) is 10.1 Å². The van der Waals surface area contributed by atoms with E-state index >= 15 is 0 Å². The summed E-state index contributed by atoms with van der Waals surface area (Å²) in [6.45, 7) is 18.8. The van der Waals surface area contributed by atoms with Crippen LogP contribution < -0.4 is 20.7 Å². The van der Waals surface area contributed by atoms with Crippen LogP contribution in [0.25, 0.3) is 0 Å². The maximum absolute atomic E-state index is 7.38. The number of benzene rings is 4. The summed E-state index contributed by atoms with van der Waals surface area (Å²) in [5.41, 5.74) is 1.29. The van der Waals surface area contributed by atoms with E-state index in [9.17, 15) is 0 Å². The smallest absolute Gasteiger partial charge is 0.261 e. The molecule has 5 aromatic rings. The van der Waals surface area contributed by atoms with Gasteiger partial charge in [-0.05, 0) is 56.8 Å². The van der Waals surface area contributed by atoms with Crippen LogP contribution in [-0.2, 0) is 18.3 Å². The van der Waals surface area contributed by atoms with Gasteiger partial charge < -0.3 is 18.3 Å². The van der Waals surface area contributed by atoms with Gasteiger partial charge in [0.15, 0.2) is 0 Å². The highest BCUT2D eigenvalue weighted by molar-refractivity contribution is 7.00. The lowest BCUT2D eigenvalue weighted by atomic mass is 10.2. The van der Waals surface area contributed by atoms with Crippen LogP contribution in [0, 0.1) is 0 Å². The molecule has 2 aliphatic heterocycles. The van der Waals surface area contributed by atoms with Gasteiger partial charge in [0.05, 0.1) is 12.2 Å². The fourth-order valence-corrected chi connectivity index (χ4v) is 17.8. The van der Waals surface area contributed by atoms with Crippen molar-refractivity contribution in [2.24, 2.45) is 9.98 Å². The molecule has 56 heavy (non-hydrogen) atoms. The Kier molecular flexibility index (Phi) is 11.3. The Balaban J connectivity index is 1.12. The third kappa shape index (κ3) is 7.57. The lowest BCUT2D eigenvalue weighted by molar-refractivity contribution is 0.156. The summed E-state index contributed by atoms with van der Waals surface area (Å²) in [6, 6.07) is 48.3. The lowest BCUT2D eigenvalue weighted by Gasteiger charge is -2.45. The van der Waals surface area contributed by atoms with E-state index < -0.39 is 16.6 Å². The van der Waals surface area contributed by atoms with Gasteiger partial charge in [0.1, 0.15) is 36.7 Å². The Hall–Kier alpha value is -4.68. The van der Waals surface area contributed by atoms with Crippen molar-refractivity contribution in [2.45, 2.75) is 89.8 Å². The van der Waals surface area contributed by atoms with Crippen molar-refractivity contribution in [3.63, 3.8) is 0 Å². The second kappa shape index (κ2) is 16.1. The molecule has 0 N–H and O–H groups in total. The molecule has 0 unspecified atom stereocenters. The first-order valence-electron chi connectivity index (χ1n) is 19.8. The van der Waals surface area contributed by atoms with Crippen molar-refractivity contribution < 1.29 is 18.3 Å². The highest BCUT2D eigenvalue weighted by Crippen LogP contribution is 2.39. The third-order valence-electron chi connectivity index (χ3n) is 11.2. The maximum Gasteiger partial charge on any atom is 0.261 e. The molecule has 0 aliphatic carbocycles. The van der Waals surface area contributed by atoms with Gasteiger partial charge in [-0.25, -0.2) is 15.0 Å². The molecule has 1 aromatic heterocycles. The SMILES string of the molecule is C[C@@H](O[Si](c1ccccc1)(c1ccccc1)C(C)(C)C)[C@H]1COC(c2cccc(C3=N[C@@H]([C@@H](C)O[Si](c4ccccc4)(c4ccccc4)C(C)(C)C)CO3)n2)=N1. The molecule has 0 saturated carbocycles. The number of ether oxygens (including phenoxy) is 2. The molecule has 9 heteroatoms. The highest BCUT2D eigenvalue weighted by Gasteiger charge is 2.53. The van der Waals surface area contributed by atoms with E-state index in [1.807, 2.05) is 18.2 Å². The van der Waals surface area contributed by atoms with Gasteiger partial charge in [0.2, 0.25) is 11.8 Å². The topological polar surface area (TPSA) is 74.5 Å². The Morgan fingerprint density at radius 2 is 0.786 bits per heavy atom. The number of hydrogen-bond acceptors (Lipinski definition) is 7. The van der Waals surface area contributed by atoms with Gasteiger partial charge in [-0.3, -0.25) is 0 Å². The zero-order chi connectivity index (χ0) is 39.6. The van der Waals surface area contributed by atoms with E-state index in [0.717, 1.165) is 0 Å². The van der Waals surface area contributed by atoms with Crippen molar-refractivity contribution in [2.75, 3.05) is 13.2 Å². The Morgan fingerprint density at radius 1 is 0.482 bits per heavy atom. The van der Waals surface area contributed by atoms with Crippen LogP contribution >= 0.6 is 0 Å². The lowest BCUT2D eigenvalue weighted by Crippen LogP contribution is -2.68. The van der Waals surface area contributed by atoms with Crippen LogP contribution in [0.1, 0.15) is 66.8 Å². The number of nitrogens with zero attached hydrogens (tertiary/aromatic N) is 3. The Labute approximate surface area is 335 Å². The van der Waals surface area contributed by atoms with Gasteiger partial charge in [-0.2, -0.15) is 0 Å². The molecule has 7 nitrogen and oxygen atoms in total. The first kappa shape index (κ1) is 39.6. The second-order valence-electron chi connectivity index (χ2n) is 17.0. The molecular formula is C47H55N3O4Si2. The van der Waals surface area contributed by atoms with Gasteiger partial charge in [-0.15, -0.1) is 0 Å². The number of hydrogen-bond donors (Lipinski definition) is 0. The quantitative estimate of drug-likeness (QED) is 0.124. The van der Waals surface area contributed by atoms with Crippen LogP contribution in [0.4, 0.5) is 0 Å². The molecule has 7 rings (SSSR count). The van der Waals surface area contributed by atoms with Crippen LogP contribution in [0.3, 0.4) is 0 Å². The van der Waals surface area contributed by atoms with Crippen molar-refractivity contribution in [3.8, 4) is 0 Å². The normalized spacial score (nSPS) is 18.7. The molecule has 0 fully saturated rings. The summed E-state index contributed by atoms with van der Waals surface area (Å²) in [6.07, 6.45) is -0.412. The fraction of sp³-hybridized carbons (Fsp3) is 0.340. The number of aromatic nitrogens is 1. The Bertz CT molecular complexity index is 1910. The molecule has 0 amide bonds. The minimum absolute atomic E-state index is 0.145. The number of aliphatic imine (C=N–C) groups is 2. The maximum atomic E-state index is 7.38. The van der Waals surface area contributed by atoms with Gasteiger partial charge in [0.25, 0.3) is 16.6 Å². The zero-order valence-electron chi connectivity index (χ0n) is 34.0. The minimum Gasteiger partial charge on any atom is -0.474 e. The monoisotopic (exact) mass is 781 g/mol. The molecule has 0 radical (unpaired) electrons. The molecular weight excluding hydrogens is 727 g/mol. The zero-order valence-corrected chi connectivity index (χ0v) is 36.0. The van der Waals surface area contributed by atoms with E-state index in [1.165, 1.54) is 20.7 Å². The molecule has 0 bridgehead atoms. The standard InChI is InChI=1S/C47H55N3O4Si2/c1-34(53-55(46(3,4)5,36-22-13-9-14-23-36)37-24-15-10-16-25-37)42-32-51-44(49-42)40-30-21-31-41(48-40)45-50-43(33-52-45)35(2)54-56(47(6,7)8,38-26-17-11-18-27-38)39-28-19-12-20-29-39/h9-31,34-35,42-43H,32-33H2,1-8H3/t34-,35-,42-,43-/m1/s1. The Morgan fingerprint density at radius 3 is 1.07 bits per heavy atom. The minimum atomic E-state index is -2.77. The van der Waals surface area contributed by atoms with Crippen molar-refractivity contribution >= 4 is 49.2 Å². The van der Waals surface area contributed by atoms with E-state index in [4.69, 9.17) is 33.3 Å². The molecule has 0 spiro atoms. The molecule has 0 saturated heterocycles. The molecule has 3 heterocycles. The van der Waals surface area contributed by atoms with Gasteiger partial charge in [0, 0.05) is 0 Å². The van der Waals surface area contributed by atoms with Crippen molar-refractivity contribution in [1.82, 2.24) is 4.98 Å². The van der Waals surface area contributed by atoms with E-state index in [-0.39, 0.29) is 34.4 Å². The van der Waals surface area contributed by atoms with Crippen LogP contribution in [-0.4, -0.2) is 70.9 Å². The van der Waals surface area contributed by atoms with Crippen molar-refractivity contribution in [3.05, 3.63) is 151 Å². The predicted molar refractivity (Wildman–Crippen MR) is 233 cm³/mol. The number of rotatable bonds is 12. The van der Waals surface area contributed by atoms with Gasteiger partial charge in [-0.1, -0.05) is 169 Å². The molecule has 2 aliphatic rings. The summed E-state index contributed by atoms with van der Waals surface area (Å²) in [7, 11) is -5.54. The first-order valence-corrected chi connectivity index (χ1v) is 23.6. The number of pyridine rings is 1. The average molecular weight is 782 g/mol. The van der Waals surface area contributed by atoms with Crippen LogP contribution in [0.15, 0.2) is 150 Å².